The molecule has 1 rings (SSSR count). The zero-order chi connectivity index (χ0) is 11.5. The lowest BCUT2D eigenvalue weighted by Crippen LogP contribution is -2.05. The molecule has 0 radical (unpaired) electrons. The summed E-state index contributed by atoms with van der Waals surface area (Å²) in [5.41, 5.74) is 5.89. The van der Waals surface area contributed by atoms with Crippen molar-refractivity contribution in [2.45, 2.75) is 5.03 Å². The number of nitrogen functional groups attached to an aromatic ring is 1. The first kappa shape index (κ1) is 12.5. The van der Waals surface area contributed by atoms with Crippen LogP contribution in [0.4, 0.5) is 5.69 Å². The first-order valence-corrected chi connectivity index (χ1v) is 7.39. The topological polar surface area (TPSA) is 85.9 Å². The van der Waals surface area contributed by atoms with Crippen LogP contribution in [-0.2, 0) is 9.84 Å². The molecule has 8 heteroatoms. The number of sulfone groups is 1. The summed E-state index contributed by atoms with van der Waals surface area (Å²) < 4.78 is 21.7. The van der Waals surface area contributed by atoms with E-state index in [1.54, 1.807) is 0 Å². The summed E-state index contributed by atoms with van der Waals surface area (Å²) in [4.78, 5) is 7.60. The van der Waals surface area contributed by atoms with Gasteiger partial charge in [-0.05, 0) is 0 Å². The van der Waals surface area contributed by atoms with Crippen molar-refractivity contribution in [2.75, 3.05) is 23.5 Å². The zero-order valence-corrected chi connectivity index (χ0v) is 10.4. The van der Waals surface area contributed by atoms with E-state index in [4.69, 9.17) is 17.3 Å². The monoisotopic (exact) mass is 267 g/mol. The van der Waals surface area contributed by atoms with Gasteiger partial charge in [0.05, 0.1) is 5.75 Å². The van der Waals surface area contributed by atoms with Crippen molar-refractivity contribution in [3.8, 4) is 0 Å². The molecule has 0 fully saturated rings. The Labute approximate surface area is 97.4 Å². The Kier molecular flexibility index (Phi) is 4.18. The molecule has 0 spiro atoms. The van der Waals surface area contributed by atoms with E-state index in [-0.39, 0.29) is 16.6 Å². The summed E-state index contributed by atoms with van der Waals surface area (Å²) >= 11 is 6.92. The minimum atomic E-state index is -2.96. The maximum absolute atomic E-state index is 10.9. The number of halogens is 1. The molecule has 0 amide bonds. The van der Waals surface area contributed by atoms with Crippen LogP contribution in [0.3, 0.4) is 0 Å². The van der Waals surface area contributed by atoms with Crippen LogP contribution in [0.25, 0.3) is 0 Å². The second kappa shape index (κ2) is 5.00. The molecule has 0 aliphatic rings. The van der Waals surface area contributed by atoms with Gasteiger partial charge in [0.15, 0.2) is 5.15 Å². The van der Waals surface area contributed by atoms with Crippen LogP contribution >= 0.6 is 23.4 Å². The normalized spacial score (nSPS) is 11.6. The Morgan fingerprint density at radius 2 is 2.20 bits per heavy atom. The SMILES string of the molecule is CS(=O)(=O)CCSc1ncnc(Cl)c1N. The second-order valence-corrected chi connectivity index (χ2v) is 6.56. The Hall–Kier alpha value is -0.530. The minimum Gasteiger partial charge on any atom is -0.394 e. The summed E-state index contributed by atoms with van der Waals surface area (Å²) in [7, 11) is -2.96. The van der Waals surface area contributed by atoms with Gasteiger partial charge in [-0.25, -0.2) is 18.4 Å². The molecule has 5 nitrogen and oxygen atoms in total. The van der Waals surface area contributed by atoms with E-state index < -0.39 is 9.84 Å². The third-order valence-electron chi connectivity index (χ3n) is 1.49. The fraction of sp³-hybridized carbons (Fsp3) is 0.429. The van der Waals surface area contributed by atoms with Crippen molar-refractivity contribution in [3.05, 3.63) is 11.5 Å². The Morgan fingerprint density at radius 1 is 1.53 bits per heavy atom. The third-order valence-corrected chi connectivity index (χ3v) is 4.00. The molecule has 0 atom stereocenters. The Balaban J connectivity index is 2.62. The molecule has 0 aliphatic heterocycles. The lowest BCUT2D eigenvalue weighted by Gasteiger charge is -2.03. The highest BCUT2D eigenvalue weighted by Crippen LogP contribution is 2.26. The van der Waals surface area contributed by atoms with Crippen molar-refractivity contribution < 1.29 is 8.42 Å². The first-order chi connectivity index (χ1) is 6.90. The van der Waals surface area contributed by atoms with E-state index >= 15 is 0 Å². The molecule has 15 heavy (non-hydrogen) atoms. The van der Waals surface area contributed by atoms with E-state index in [1.165, 1.54) is 24.3 Å². The zero-order valence-electron chi connectivity index (χ0n) is 7.97. The fourth-order valence-corrected chi connectivity index (χ4v) is 3.06. The molecular formula is C7H10ClN3O2S2. The Bertz CT molecular complexity index is 450. The molecule has 1 aromatic heterocycles. The lowest BCUT2D eigenvalue weighted by atomic mass is 10.6. The van der Waals surface area contributed by atoms with Crippen LogP contribution in [0.15, 0.2) is 11.4 Å². The van der Waals surface area contributed by atoms with Crippen LogP contribution in [0.2, 0.25) is 5.15 Å². The highest BCUT2D eigenvalue weighted by molar-refractivity contribution is 8.00. The molecule has 1 aromatic rings. The van der Waals surface area contributed by atoms with E-state index in [0.717, 1.165) is 0 Å². The minimum absolute atomic E-state index is 0.0821. The third kappa shape index (κ3) is 4.23. The second-order valence-electron chi connectivity index (χ2n) is 2.86. The lowest BCUT2D eigenvalue weighted by molar-refractivity contribution is 0.603. The highest BCUT2D eigenvalue weighted by Gasteiger charge is 2.08. The summed E-state index contributed by atoms with van der Waals surface area (Å²) in [5.74, 6) is 0.481. The van der Waals surface area contributed by atoms with Gasteiger partial charge in [-0.2, -0.15) is 0 Å². The first-order valence-electron chi connectivity index (χ1n) is 3.96. The predicted molar refractivity (Wildman–Crippen MR) is 61.9 cm³/mol. The van der Waals surface area contributed by atoms with Gasteiger partial charge < -0.3 is 5.73 Å². The number of thioether (sulfide) groups is 1. The standard InChI is InChI=1S/C7H10ClN3O2S2/c1-15(12,13)3-2-14-7-5(9)6(8)10-4-11-7/h4H,2-3,9H2,1H3. The average molecular weight is 268 g/mol. The van der Waals surface area contributed by atoms with Gasteiger partial charge >= 0.3 is 0 Å². The molecule has 1 heterocycles. The Morgan fingerprint density at radius 3 is 2.80 bits per heavy atom. The van der Waals surface area contributed by atoms with Gasteiger partial charge in [-0.15, -0.1) is 11.8 Å². The van der Waals surface area contributed by atoms with E-state index in [2.05, 4.69) is 9.97 Å². The average Bonchev–Trinajstić information content (AvgIpc) is 2.10. The fourth-order valence-electron chi connectivity index (χ4n) is 0.764. The van der Waals surface area contributed by atoms with Gasteiger partial charge in [-0.1, -0.05) is 11.6 Å². The largest absolute Gasteiger partial charge is 0.394 e. The molecule has 0 aliphatic carbocycles. The summed E-state index contributed by atoms with van der Waals surface area (Å²) in [6.07, 6.45) is 2.48. The number of hydrogen-bond acceptors (Lipinski definition) is 6. The summed E-state index contributed by atoms with van der Waals surface area (Å²) in [6.45, 7) is 0. The van der Waals surface area contributed by atoms with E-state index in [1.807, 2.05) is 0 Å². The van der Waals surface area contributed by atoms with Crippen molar-refractivity contribution >= 4 is 38.9 Å². The molecule has 0 saturated heterocycles. The molecule has 0 saturated carbocycles. The van der Waals surface area contributed by atoms with Crippen LogP contribution in [0.5, 0.6) is 0 Å². The quantitative estimate of drug-likeness (QED) is 0.643. The summed E-state index contributed by atoms with van der Waals surface area (Å²) in [6, 6.07) is 0. The van der Waals surface area contributed by atoms with Crippen molar-refractivity contribution in [1.82, 2.24) is 9.97 Å². The maximum atomic E-state index is 10.9. The highest BCUT2D eigenvalue weighted by atomic mass is 35.5. The van der Waals surface area contributed by atoms with Gasteiger partial charge in [0, 0.05) is 12.0 Å². The number of rotatable bonds is 4. The number of aromatic nitrogens is 2. The van der Waals surface area contributed by atoms with Gasteiger partial charge in [0.2, 0.25) is 0 Å². The van der Waals surface area contributed by atoms with Crippen LogP contribution in [0, 0.1) is 0 Å². The number of nitrogens with zero attached hydrogens (tertiary/aromatic N) is 2. The van der Waals surface area contributed by atoms with Crippen LogP contribution < -0.4 is 5.73 Å². The van der Waals surface area contributed by atoms with Crippen LogP contribution in [0.1, 0.15) is 0 Å². The molecule has 0 unspecified atom stereocenters. The summed E-state index contributed by atoms with van der Waals surface area (Å²) in [5, 5.41) is 0.700. The molecule has 0 aromatic carbocycles. The smallest absolute Gasteiger partial charge is 0.156 e. The molecule has 84 valence electrons. The van der Waals surface area contributed by atoms with Gasteiger partial charge in [0.25, 0.3) is 0 Å². The van der Waals surface area contributed by atoms with Crippen molar-refractivity contribution in [1.29, 1.82) is 0 Å². The van der Waals surface area contributed by atoms with Crippen LogP contribution in [-0.4, -0.2) is 36.1 Å². The molecule has 2 N–H and O–H groups in total. The number of hydrogen-bond donors (Lipinski definition) is 1. The predicted octanol–water partition coefficient (Wildman–Crippen LogP) is 0.849. The maximum Gasteiger partial charge on any atom is 0.156 e. The number of anilines is 1. The van der Waals surface area contributed by atoms with Gasteiger partial charge in [0.1, 0.15) is 26.9 Å². The van der Waals surface area contributed by atoms with Crippen molar-refractivity contribution in [3.63, 3.8) is 0 Å². The van der Waals surface area contributed by atoms with E-state index in [9.17, 15) is 8.42 Å². The molecular weight excluding hydrogens is 258 g/mol. The van der Waals surface area contributed by atoms with Crippen molar-refractivity contribution in [2.24, 2.45) is 0 Å². The van der Waals surface area contributed by atoms with E-state index in [0.29, 0.717) is 10.8 Å². The number of nitrogens with two attached hydrogens (primary N) is 1. The molecule has 0 bridgehead atoms. The van der Waals surface area contributed by atoms with Gasteiger partial charge in [-0.3, -0.25) is 0 Å².